The zero-order valence-electron chi connectivity index (χ0n) is 9.80. The molecule has 0 heterocycles. The Kier molecular flexibility index (Phi) is 5.95. The second-order valence-electron chi connectivity index (χ2n) is 3.69. The van der Waals surface area contributed by atoms with E-state index in [0.29, 0.717) is 22.5 Å². The number of amides is 1. The minimum absolute atomic E-state index is 0.0501. The minimum atomic E-state index is -0.133. The van der Waals surface area contributed by atoms with Crippen LogP contribution in [0.5, 0.6) is 0 Å². The van der Waals surface area contributed by atoms with E-state index in [-0.39, 0.29) is 11.9 Å². The third kappa shape index (κ3) is 3.98. The lowest BCUT2D eigenvalue weighted by Gasteiger charge is -2.16. The highest BCUT2D eigenvalue weighted by molar-refractivity contribution is 9.09. The molecule has 0 saturated carbocycles. The van der Waals surface area contributed by atoms with Crippen molar-refractivity contribution in [3.8, 4) is 0 Å². The third-order valence-electron chi connectivity index (χ3n) is 2.40. The Morgan fingerprint density at radius 1 is 1.59 bits per heavy atom. The molecule has 1 N–H and O–H groups in total. The van der Waals surface area contributed by atoms with Crippen molar-refractivity contribution in [2.45, 2.75) is 13.0 Å². The van der Waals surface area contributed by atoms with Crippen LogP contribution in [0.3, 0.4) is 0 Å². The molecule has 0 spiro atoms. The van der Waals surface area contributed by atoms with Gasteiger partial charge in [0.1, 0.15) is 0 Å². The average Bonchev–Trinajstić information content (AvgIpc) is 2.31. The largest absolute Gasteiger partial charge is 0.383 e. The van der Waals surface area contributed by atoms with Crippen molar-refractivity contribution in [3.63, 3.8) is 0 Å². The molecule has 1 rings (SSSR count). The summed E-state index contributed by atoms with van der Waals surface area (Å²) in [5.74, 6) is -0.133. The number of carbonyl (C=O) groups excluding carboxylic acids is 1. The van der Waals surface area contributed by atoms with Crippen molar-refractivity contribution in [2.75, 3.05) is 19.0 Å². The van der Waals surface area contributed by atoms with E-state index in [1.165, 1.54) is 0 Å². The van der Waals surface area contributed by atoms with E-state index in [1.54, 1.807) is 25.3 Å². The van der Waals surface area contributed by atoms with E-state index >= 15 is 0 Å². The number of ether oxygens (including phenoxy) is 1. The molecule has 0 fully saturated rings. The van der Waals surface area contributed by atoms with Crippen LogP contribution in [-0.4, -0.2) is 31.0 Å². The molecule has 1 unspecified atom stereocenters. The second kappa shape index (κ2) is 6.99. The lowest BCUT2D eigenvalue weighted by molar-refractivity contribution is 0.0907. The van der Waals surface area contributed by atoms with Crippen LogP contribution in [0.25, 0.3) is 0 Å². The van der Waals surface area contributed by atoms with E-state index in [9.17, 15) is 4.79 Å². The summed E-state index contributed by atoms with van der Waals surface area (Å²) < 4.78 is 5.01. The number of hydrogen-bond donors (Lipinski definition) is 1. The number of benzene rings is 1. The SMILES string of the molecule is COCC(CBr)NC(=O)c1cccc(Cl)c1C. The molecule has 0 aromatic heterocycles. The van der Waals surface area contributed by atoms with Crippen LogP contribution in [0, 0.1) is 6.92 Å². The monoisotopic (exact) mass is 319 g/mol. The number of rotatable bonds is 5. The van der Waals surface area contributed by atoms with Crippen LogP contribution in [-0.2, 0) is 4.74 Å². The predicted molar refractivity (Wildman–Crippen MR) is 73.1 cm³/mol. The normalized spacial score (nSPS) is 12.2. The van der Waals surface area contributed by atoms with Gasteiger partial charge in [-0.05, 0) is 24.6 Å². The summed E-state index contributed by atoms with van der Waals surface area (Å²) in [6.07, 6.45) is 0. The van der Waals surface area contributed by atoms with Gasteiger partial charge in [-0.25, -0.2) is 0 Å². The summed E-state index contributed by atoms with van der Waals surface area (Å²) in [5, 5.41) is 4.12. The fourth-order valence-corrected chi connectivity index (χ4v) is 1.97. The first-order chi connectivity index (χ1) is 8.10. The average molecular weight is 321 g/mol. The molecule has 3 nitrogen and oxygen atoms in total. The highest BCUT2D eigenvalue weighted by Crippen LogP contribution is 2.18. The second-order valence-corrected chi connectivity index (χ2v) is 4.75. The summed E-state index contributed by atoms with van der Waals surface area (Å²) in [6, 6.07) is 5.24. The van der Waals surface area contributed by atoms with Gasteiger partial charge in [-0.3, -0.25) is 4.79 Å². The molecule has 0 aliphatic rings. The molecule has 1 aromatic carbocycles. The number of hydrogen-bond acceptors (Lipinski definition) is 2. The number of alkyl halides is 1. The predicted octanol–water partition coefficient (Wildman–Crippen LogP) is 2.79. The smallest absolute Gasteiger partial charge is 0.251 e. The standard InChI is InChI=1S/C12H15BrClNO2/c1-8-10(4-3-5-11(8)14)12(16)15-9(6-13)7-17-2/h3-5,9H,6-7H2,1-2H3,(H,15,16). The van der Waals surface area contributed by atoms with Gasteiger partial charge in [0.25, 0.3) is 5.91 Å². The van der Waals surface area contributed by atoms with E-state index in [2.05, 4.69) is 21.2 Å². The van der Waals surface area contributed by atoms with E-state index < -0.39 is 0 Å². The van der Waals surface area contributed by atoms with Gasteiger partial charge in [-0.2, -0.15) is 0 Å². The van der Waals surface area contributed by atoms with Gasteiger partial charge in [0.2, 0.25) is 0 Å². The zero-order chi connectivity index (χ0) is 12.8. The van der Waals surface area contributed by atoms with Crippen LogP contribution < -0.4 is 5.32 Å². The van der Waals surface area contributed by atoms with E-state index in [4.69, 9.17) is 16.3 Å². The lowest BCUT2D eigenvalue weighted by atomic mass is 10.1. The molecule has 94 valence electrons. The van der Waals surface area contributed by atoms with Gasteiger partial charge in [0.15, 0.2) is 0 Å². The summed E-state index contributed by atoms with van der Waals surface area (Å²) in [6.45, 7) is 2.30. The van der Waals surface area contributed by atoms with Gasteiger partial charge in [-0.15, -0.1) is 0 Å². The first kappa shape index (κ1) is 14.5. The molecular weight excluding hydrogens is 305 g/mol. The van der Waals surface area contributed by atoms with Crippen molar-refractivity contribution in [1.82, 2.24) is 5.32 Å². The molecule has 0 radical (unpaired) electrons. The maximum Gasteiger partial charge on any atom is 0.251 e. The molecule has 0 aliphatic heterocycles. The summed E-state index contributed by atoms with van der Waals surface area (Å²) in [5.41, 5.74) is 1.39. The van der Waals surface area contributed by atoms with Crippen molar-refractivity contribution in [2.24, 2.45) is 0 Å². The highest BCUT2D eigenvalue weighted by atomic mass is 79.9. The van der Waals surface area contributed by atoms with Gasteiger partial charge in [0.05, 0.1) is 12.6 Å². The summed E-state index contributed by atoms with van der Waals surface area (Å²) in [4.78, 5) is 12.0. The van der Waals surface area contributed by atoms with E-state index in [1.807, 2.05) is 6.92 Å². The number of carbonyl (C=O) groups is 1. The van der Waals surface area contributed by atoms with Gasteiger partial charge >= 0.3 is 0 Å². The molecule has 1 amide bonds. The van der Waals surface area contributed by atoms with Gasteiger partial charge in [0, 0.05) is 23.0 Å². The maximum absolute atomic E-state index is 12.0. The van der Waals surface area contributed by atoms with Crippen molar-refractivity contribution < 1.29 is 9.53 Å². The number of nitrogens with one attached hydrogen (secondary N) is 1. The fraction of sp³-hybridized carbons (Fsp3) is 0.417. The van der Waals surface area contributed by atoms with Gasteiger partial charge in [-0.1, -0.05) is 33.6 Å². The highest BCUT2D eigenvalue weighted by Gasteiger charge is 2.15. The minimum Gasteiger partial charge on any atom is -0.383 e. The van der Waals surface area contributed by atoms with Crippen LogP contribution in [0.4, 0.5) is 0 Å². The van der Waals surface area contributed by atoms with Crippen LogP contribution >= 0.6 is 27.5 Å². The maximum atomic E-state index is 12.0. The molecule has 0 saturated heterocycles. The quantitative estimate of drug-likeness (QED) is 0.847. The first-order valence-electron chi connectivity index (χ1n) is 5.21. The summed E-state index contributed by atoms with van der Waals surface area (Å²) >= 11 is 9.31. The lowest BCUT2D eigenvalue weighted by Crippen LogP contribution is -2.39. The van der Waals surface area contributed by atoms with Crippen molar-refractivity contribution >= 4 is 33.4 Å². The van der Waals surface area contributed by atoms with Crippen LogP contribution in [0.1, 0.15) is 15.9 Å². The van der Waals surface area contributed by atoms with Crippen LogP contribution in [0.2, 0.25) is 5.02 Å². The Labute approximate surface area is 115 Å². The first-order valence-corrected chi connectivity index (χ1v) is 6.71. The van der Waals surface area contributed by atoms with Crippen molar-refractivity contribution in [3.05, 3.63) is 34.3 Å². The number of halogens is 2. The summed E-state index contributed by atoms with van der Waals surface area (Å²) in [7, 11) is 1.60. The topological polar surface area (TPSA) is 38.3 Å². The Bertz CT molecular complexity index is 398. The third-order valence-corrected chi connectivity index (χ3v) is 3.59. The van der Waals surface area contributed by atoms with Crippen LogP contribution in [0.15, 0.2) is 18.2 Å². The zero-order valence-corrected chi connectivity index (χ0v) is 12.1. The molecule has 1 atom stereocenters. The fourth-order valence-electron chi connectivity index (χ4n) is 1.44. The van der Waals surface area contributed by atoms with Gasteiger partial charge < -0.3 is 10.1 Å². The molecule has 0 aliphatic carbocycles. The molecule has 1 aromatic rings. The number of methoxy groups -OCH3 is 1. The Hall–Kier alpha value is -0.580. The molecular formula is C12H15BrClNO2. The molecule has 0 bridgehead atoms. The molecule has 5 heteroatoms. The molecule has 17 heavy (non-hydrogen) atoms. The Balaban J connectivity index is 2.79. The van der Waals surface area contributed by atoms with E-state index in [0.717, 1.165) is 5.56 Å². The van der Waals surface area contributed by atoms with Crippen molar-refractivity contribution in [1.29, 1.82) is 0 Å². The Morgan fingerprint density at radius 2 is 2.29 bits per heavy atom. The Morgan fingerprint density at radius 3 is 2.88 bits per heavy atom.